The molecule has 0 fully saturated rings. The Morgan fingerprint density at radius 2 is 1.79 bits per heavy atom. The fourth-order valence-electron chi connectivity index (χ4n) is 2.77. The van der Waals surface area contributed by atoms with Crippen molar-refractivity contribution >= 4 is 45.8 Å². The summed E-state index contributed by atoms with van der Waals surface area (Å²) in [4.78, 5) is 36.4. The molecule has 1 aromatic heterocycles. The summed E-state index contributed by atoms with van der Waals surface area (Å²) in [6, 6.07) is 13.5. The number of nitrogens with zero attached hydrogens (tertiary/aromatic N) is 2. The topological polar surface area (TPSA) is 122 Å². The van der Waals surface area contributed by atoms with Crippen molar-refractivity contribution in [1.82, 2.24) is 20.8 Å². The number of halogens is 1. The van der Waals surface area contributed by atoms with E-state index < -0.39 is 0 Å². The lowest BCUT2D eigenvalue weighted by molar-refractivity contribution is -0.116. The van der Waals surface area contributed by atoms with Crippen molar-refractivity contribution in [3.8, 4) is 5.75 Å². The van der Waals surface area contributed by atoms with Gasteiger partial charge >= 0.3 is 0 Å². The van der Waals surface area contributed by atoms with Gasteiger partial charge in [0, 0.05) is 31.5 Å². The molecular weight excluding hydrogens is 466 g/mol. The van der Waals surface area contributed by atoms with Crippen molar-refractivity contribution in [2.24, 2.45) is 0 Å². The maximum Gasteiger partial charge on any atom is 0.252 e. The molecule has 1 heterocycles. The van der Waals surface area contributed by atoms with Gasteiger partial charge in [0.1, 0.15) is 10.8 Å². The average Bonchev–Trinajstić information content (AvgIpc) is 3.26. The normalized spacial score (nSPS) is 10.4. The van der Waals surface area contributed by atoms with Gasteiger partial charge in [0.15, 0.2) is 0 Å². The number of rotatable bonds is 10. The highest BCUT2D eigenvalue weighted by molar-refractivity contribution is 7.15. The third kappa shape index (κ3) is 7.26. The number of carbonyl (C=O) groups excluding carboxylic acids is 3. The van der Waals surface area contributed by atoms with Gasteiger partial charge in [-0.05, 0) is 30.3 Å². The minimum absolute atomic E-state index is 0.0819. The van der Waals surface area contributed by atoms with E-state index in [1.807, 2.05) is 0 Å². The summed E-state index contributed by atoms with van der Waals surface area (Å²) in [6.45, 7) is 0.518. The minimum atomic E-state index is -0.296. The van der Waals surface area contributed by atoms with Gasteiger partial charge in [-0.2, -0.15) is 0 Å². The second-order valence-corrected chi connectivity index (χ2v) is 8.24. The highest BCUT2D eigenvalue weighted by Gasteiger charge is 2.12. The van der Waals surface area contributed by atoms with Crippen LogP contribution in [0.25, 0.3) is 0 Å². The van der Waals surface area contributed by atoms with Crippen molar-refractivity contribution in [2.75, 3.05) is 25.5 Å². The van der Waals surface area contributed by atoms with E-state index in [-0.39, 0.29) is 30.7 Å². The third-order valence-corrected chi connectivity index (χ3v) is 5.65. The molecule has 0 aliphatic carbocycles. The van der Waals surface area contributed by atoms with E-state index in [1.54, 1.807) is 48.5 Å². The largest absolute Gasteiger partial charge is 0.497 e. The Balaban J connectivity index is 1.38. The van der Waals surface area contributed by atoms with Crippen LogP contribution in [0.4, 0.5) is 5.13 Å². The molecule has 3 amide bonds. The Labute approximate surface area is 199 Å². The predicted molar refractivity (Wildman–Crippen MR) is 126 cm³/mol. The third-order valence-electron chi connectivity index (χ3n) is 4.43. The number of nitrogens with one attached hydrogen (secondary N) is 3. The standard InChI is InChI=1S/C22H22ClN5O4S/c1-32-15-6-4-5-14(13-15)20(30)24-11-9-18(29)26-22-28-27-19(33-22)10-12-25-21(31)16-7-2-3-8-17(16)23/h2-8,13H,9-12H2,1H3,(H,24,30)(H,25,31)(H,26,28,29). The van der Waals surface area contributed by atoms with Crippen molar-refractivity contribution in [3.05, 3.63) is 69.7 Å². The van der Waals surface area contributed by atoms with E-state index in [1.165, 1.54) is 18.4 Å². The molecule has 33 heavy (non-hydrogen) atoms. The first-order valence-electron chi connectivity index (χ1n) is 10.0. The lowest BCUT2D eigenvalue weighted by atomic mass is 10.2. The first kappa shape index (κ1) is 24.1. The quantitative estimate of drug-likeness (QED) is 0.404. The molecule has 9 nitrogen and oxygen atoms in total. The molecule has 0 spiro atoms. The summed E-state index contributed by atoms with van der Waals surface area (Å²) in [7, 11) is 1.52. The zero-order valence-electron chi connectivity index (χ0n) is 17.8. The Morgan fingerprint density at radius 3 is 2.58 bits per heavy atom. The van der Waals surface area contributed by atoms with Crippen molar-refractivity contribution in [2.45, 2.75) is 12.8 Å². The molecule has 0 atom stereocenters. The second kappa shape index (κ2) is 11.9. The van der Waals surface area contributed by atoms with E-state index in [9.17, 15) is 14.4 Å². The highest BCUT2D eigenvalue weighted by Crippen LogP contribution is 2.17. The monoisotopic (exact) mass is 487 g/mol. The van der Waals surface area contributed by atoms with Crippen molar-refractivity contribution < 1.29 is 19.1 Å². The zero-order chi connectivity index (χ0) is 23.6. The fraction of sp³-hybridized carbons (Fsp3) is 0.227. The fourth-order valence-corrected chi connectivity index (χ4v) is 3.74. The van der Waals surface area contributed by atoms with E-state index >= 15 is 0 Å². The molecule has 172 valence electrons. The number of anilines is 1. The molecule has 0 radical (unpaired) electrons. The number of hydrogen-bond donors (Lipinski definition) is 3. The van der Waals surface area contributed by atoms with Gasteiger partial charge < -0.3 is 20.7 Å². The summed E-state index contributed by atoms with van der Waals surface area (Å²) < 4.78 is 5.10. The molecule has 3 N–H and O–H groups in total. The number of methoxy groups -OCH3 is 1. The lowest BCUT2D eigenvalue weighted by Gasteiger charge is -2.06. The number of amides is 3. The van der Waals surface area contributed by atoms with Crippen LogP contribution >= 0.6 is 22.9 Å². The minimum Gasteiger partial charge on any atom is -0.497 e. The molecule has 11 heteroatoms. The van der Waals surface area contributed by atoms with E-state index in [0.29, 0.717) is 45.0 Å². The Morgan fingerprint density at radius 1 is 1.00 bits per heavy atom. The molecule has 3 aromatic rings. The molecular formula is C22H22ClN5O4S. The Kier molecular flexibility index (Phi) is 8.73. The number of hydrogen-bond acceptors (Lipinski definition) is 7. The predicted octanol–water partition coefficient (Wildman–Crippen LogP) is 2.93. The number of aromatic nitrogens is 2. The van der Waals surface area contributed by atoms with Crippen molar-refractivity contribution in [1.29, 1.82) is 0 Å². The molecule has 0 aliphatic heterocycles. The smallest absolute Gasteiger partial charge is 0.252 e. The molecule has 0 aliphatic rings. The van der Waals surface area contributed by atoms with E-state index in [0.717, 1.165) is 0 Å². The van der Waals surface area contributed by atoms with Crippen LogP contribution in [-0.4, -0.2) is 48.1 Å². The van der Waals surface area contributed by atoms with Gasteiger partial charge in [0.05, 0.1) is 17.7 Å². The van der Waals surface area contributed by atoms with Crippen LogP contribution in [0.2, 0.25) is 5.02 Å². The lowest BCUT2D eigenvalue weighted by Crippen LogP contribution is -2.27. The molecule has 3 rings (SSSR count). The van der Waals surface area contributed by atoms with Crippen LogP contribution in [-0.2, 0) is 11.2 Å². The van der Waals surface area contributed by atoms with Crippen molar-refractivity contribution in [3.63, 3.8) is 0 Å². The van der Waals surface area contributed by atoms with Crippen LogP contribution in [0.1, 0.15) is 32.1 Å². The highest BCUT2D eigenvalue weighted by atomic mass is 35.5. The van der Waals surface area contributed by atoms with Crippen LogP contribution in [0.3, 0.4) is 0 Å². The molecule has 0 saturated heterocycles. The van der Waals surface area contributed by atoms with Gasteiger partial charge in [-0.1, -0.05) is 41.1 Å². The average molecular weight is 488 g/mol. The first-order chi connectivity index (χ1) is 16.0. The van der Waals surface area contributed by atoms with Crippen LogP contribution in [0, 0.1) is 0 Å². The van der Waals surface area contributed by atoms with Crippen LogP contribution in [0.15, 0.2) is 48.5 Å². The van der Waals surface area contributed by atoms with E-state index in [2.05, 4.69) is 26.1 Å². The van der Waals surface area contributed by atoms with E-state index in [4.69, 9.17) is 16.3 Å². The maximum atomic E-state index is 12.2. The zero-order valence-corrected chi connectivity index (χ0v) is 19.3. The second-order valence-electron chi connectivity index (χ2n) is 6.77. The Bertz CT molecular complexity index is 1140. The van der Waals surface area contributed by atoms with Gasteiger partial charge in [-0.3, -0.25) is 14.4 Å². The molecule has 2 aromatic carbocycles. The van der Waals surface area contributed by atoms with Gasteiger partial charge in [0.2, 0.25) is 11.0 Å². The summed E-state index contributed by atoms with van der Waals surface area (Å²) >= 11 is 7.23. The number of ether oxygens (including phenoxy) is 1. The summed E-state index contributed by atoms with van der Waals surface area (Å²) in [6.07, 6.45) is 0.541. The SMILES string of the molecule is COc1cccc(C(=O)NCCC(=O)Nc2nnc(CCNC(=O)c3ccccc3Cl)s2)c1. The summed E-state index contributed by atoms with van der Waals surface area (Å²) in [5.41, 5.74) is 0.855. The molecule has 0 bridgehead atoms. The number of benzene rings is 2. The van der Waals surface area contributed by atoms with Gasteiger partial charge in [0.25, 0.3) is 11.8 Å². The summed E-state index contributed by atoms with van der Waals surface area (Å²) in [5.74, 6) is -0.278. The number of carbonyl (C=O) groups is 3. The molecule has 0 saturated carbocycles. The summed E-state index contributed by atoms with van der Waals surface area (Å²) in [5, 5.41) is 17.5. The molecule has 0 unspecified atom stereocenters. The van der Waals surface area contributed by atoms with Crippen LogP contribution in [0.5, 0.6) is 5.75 Å². The van der Waals surface area contributed by atoms with Gasteiger partial charge in [-0.15, -0.1) is 10.2 Å². The van der Waals surface area contributed by atoms with Crippen LogP contribution < -0.4 is 20.7 Å². The maximum absolute atomic E-state index is 12.2. The Hall–Kier alpha value is -3.50. The first-order valence-corrected chi connectivity index (χ1v) is 11.2. The van der Waals surface area contributed by atoms with Gasteiger partial charge in [-0.25, -0.2) is 0 Å².